The van der Waals surface area contributed by atoms with Crippen molar-refractivity contribution in [2.75, 3.05) is 54.0 Å². The molecular formula is C19H35N5O2. The number of nitrogens with one attached hydrogen (secondary N) is 2. The van der Waals surface area contributed by atoms with Gasteiger partial charge in [-0.3, -0.25) is 9.79 Å². The molecule has 0 amide bonds. The molecular weight excluding hydrogens is 330 g/mol. The number of aryl methyl sites for hydroxylation is 1. The van der Waals surface area contributed by atoms with Gasteiger partial charge < -0.3 is 24.8 Å². The van der Waals surface area contributed by atoms with E-state index < -0.39 is 0 Å². The highest BCUT2D eigenvalue weighted by Crippen LogP contribution is 1.97. The second-order valence-corrected chi connectivity index (χ2v) is 6.44. The van der Waals surface area contributed by atoms with E-state index >= 15 is 0 Å². The van der Waals surface area contributed by atoms with Gasteiger partial charge in [-0.1, -0.05) is 6.07 Å². The molecule has 2 N–H and O–H groups in total. The molecule has 0 spiro atoms. The monoisotopic (exact) mass is 365 g/mol. The fourth-order valence-electron chi connectivity index (χ4n) is 2.69. The Bertz CT molecular complexity index is 586. The minimum atomic E-state index is 0.0741. The van der Waals surface area contributed by atoms with Crippen LogP contribution < -0.4 is 16.2 Å². The first-order valence-electron chi connectivity index (χ1n) is 9.37. The highest BCUT2D eigenvalue weighted by molar-refractivity contribution is 5.79. The second-order valence-electron chi connectivity index (χ2n) is 6.44. The van der Waals surface area contributed by atoms with Crippen molar-refractivity contribution in [2.24, 2.45) is 4.99 Å². The van der Waals surface area contributed by atoms with E-state index in [1.807, 2.05) is 17.6 Å². The smallest absolute Gasteiger partial charge is 0.250 e. The number of pyridine rings is 1. The lowest BCUT2D eigenvalue weighted by molar-refractivity contribution is 0.180. The summed E-state index contributed by atoms with van der Waals surface area (Å²) in [5.74, 6) is 0.823. The predicted octanol–water partition coefficient (Wildman–Crippen LogP) is 1.07. The third-order valence-corrected chi connectivity index (χ3v) is 4.27. The predicted molar refractivity (Wildman–Crippen MR) is 108 cm³/mol. The van der Waals surface area contributed by atoms with Crippen molar-refractivity contribution in [3.05, 3.63) is 34.2 Å². The van der Waals surface area contributed by atoms with Gasteiger partial charge in [0.1, 0.15) is 0 Å². The highest BCUT2D eigenvalue weighted by Gasteiger charge is 2.01. The molecule has 1 rings (SSSR count). The molecule has 1 heterocycles. The fraction of sp³-hybridized carbons (Fsp3) is 0.684. The summed E-state index contributed by atoms with van der Waals surface area (Å²) in [5.41, 5.74) is 1.09. The van der Waals surface area contributed by atoms with Gasteiger partial charge in [0.2, 0.25) is 0 Å². The van der Waals surface area contributed by atoms with E-state index in [2.05, 4.69) is 27.6 Å². The van der Waals surface area contributed by atoms with Crippen molar-refractivity contribution in [1.82, 2.24) is 20.1 Å². The molecule has 0 aromatic carbocycles. The zero-order chi connectivity index (χ0) is 19.2. The standard InChI is InChI=1S/C19H35N5O2/c1-17-9-7-10-18(25)24(17)14-6-5-11-21-19(20-2)22-12-15-23(3)13-8-16-26-4/h7,9-10H,5-6,8,11-16H2,1-4H3,(H2,20,21,22). The summed E-state index contributed by atoms with van der Waals surface area (Å²) in [6.45, 7) is 7.20. The number of hydrogen-bond donors (Lipinski definition) is 2. The van der Waals surface area contributed by atoms with E-state index in [4.69, 9.17) is 4.74 Å². The molecule has 0 atom stereocenters. The Kier molecular flexibility index (Phi) is 11.4. The maximum atomic E-state index is 11.8. The number of aromatic nitrogens is 1. The van der Waals surface area contributed by atoms with E-state index in [-0.39, 0.29) is 5.56 Å². The Morgan fingerprint density at radius 1 is 1.19 bits per heavy atom. The number of unbranched alkanes of at least 4 members (excludes halogenated alkanes) is 1. The summed E-state index contributed by atoms with van der Waals surface area (Å²) in [4.78, 5) is 18.3. The molecule has 1 aromatic rings. The van der Waals surface area contributed by atoms with Crippen LogP contribution in [-0.4, -0.2) is 69.4 Å². The number of rotatable bonds is 12. The average Bonchev–Trinajstić information content (AvgIpc) is 2.62. The van der Waals surface area contributed by atoms with Crippen LogP contribution in [-0.2, 0) is 11.3 Å². The van der Waals surface area contributed by atoms with Crippen molar-refractivity contribution >= 4 is 5.96 Å². The van der Waals surface area contributed by atoms with Crippen molar-refractivity contribution in [3.8, 4) is 0 Å². The lowest BCUT2D eigenvalue weighted by Crippen LogP contribution is -2.41. The molecule has 0 saturated heterocycles. The largest absolute Gasteiger partial charge is 0.385 e. The number of likely N-dealkylation sites (N-methyl/N-ethyl adjacent to an activating group) is 1. The topological polar surface area (TPSA) is 70.9 Å². The highest BCUT2D eigenvalue weighted by atomic mass is 16.5. The number of nitrogens with zero attached hydrogens (tertiary/aromatic N) is 3. The van der Waals surface area contributed by atoms with E-state index in [9.17, 15) is 4.79 Å². The zero-order valence-electron chi connectivity index (χ0n) is 16.8. The van der Waals surface area contributed by atoms with Crippen molar-refractivity contribution in [1.29, 1.82) is 0 Å². The second kappa shape index (κ2) is 13.4. The average molecular weight is 366 g/mol. The quantitative estimate of drug-likeness (QED) is 0.329. The molecule has 0 unspecified atom stereocenters. The fourth-order valence-corrected chi connectivity index (χ4v) is 2.69. The SMILES string of the molecule is CN=C(NCCCCn1c(C)cccc1=O)NCCN(C)CCCOC. The van der Waals surface area contributed by atoms with Crippen LogP contribution in [0.25, 0.3) is 0 Å². The Balaban J connectivity index is 2.16. The third-order valence-electron chi connectivity index (χ3n) is 4.27. The molecule has 26 heavy (non-hydrogen) atoms. The van der Waals surface area contributed by atoms with Gasteiger partial charge in [-0.15, -0.1) is 0 Å². The molecule has 0 aliphatic heterocycles. The molecule has 0 fully saturated rings. The van der Waals surface area contributed by atoms with Gasteiger partial charge >= 0.3 is 0 Å². The van der Waals surface area contributed by atoms with Crippen LogP contribution in [0.15, 0.2) is 28.0 Å². The first-order valence-corrected chi connectivity index (χ1v) is 9.37. The van der Waals surface area contributed by atoms with Gasteiger partial charge in [-0.2, -0.15) is 0 Å². The number of methoxy groups -OCH3 is 1. The van der Waals surface area contributed by atoms with Crippen molar-refractivity contribution in [3.63, 3.8) is 0 Å². The molecule has 0 bridgehead atoms. The number of hydrogen-bond acceptors (Lipinski definition) is 4. The molecule has 148 valence electrons. The first kappa shape index (κ1) is 22.2. The summed E-state index contributed by atoms with van der Waals surface area (Å²) >= 11 is 0. The van der Waals surface area contributed by atoms with Gasteiger partial charge in [0.05, 0.1) is 0 Å². The normalized spacial score (nSPS) is 11.8. The molecule has 7 heteroatoms. The lowest BCUT2D eigenvalue weighted by atomic mass is 10.3. The van der Waals surface area contributed by atoms with E-state index in [0.29, 0.717) is 0 Å². The number of guanidine groups is 1. The Morgan fingerprint density at radius 3 is 2.65 bits per heavy atom. The summed E-state index contributed by atoms with van der Waals surface area (Å²) in [7, 11) is 5.63. The number of ether oxygens (including phenoxy) is 1. The maximum absolute atomic E-state index is 11.8. The van der Waals surface area contributed by atoms with Crippen LogP contribution in [0.3, 0.4) is 0 Å². The molecule has 0 aliphatic rings. The van der Waals surface area contributed by atoms with Gasteiger partial charge in [-0.25, -0.2) is 0 Å². The summed E-state index contributed by atoms with van der Waals surface area (Å²) in [5, 5.41) is 6.65. The Hall–Kier alpha value is -1.86. The zero-order valence-corrected chi connectivity index (χ0v) is 16.8. The van der Waals surface area contributed by atoms with Crippen LogP contribution in [0.5, 0.6) is 0 Å². The van der Waals surface area contributed by atoms with Gasteiger partial charge in [-0.05, 0) is 39.3 Å². The summed E-state index contributed by atoms with van der Waals surface area (Å²) < 4.78 is 6.89. The van der Waals surface area contributed by atoms with E-state index in [1.165, 1.54) is 0 Å². The molecule has 0 aliphatic carbocycles. The van der Waals surface area contributed by atoms with Crippen LogP contribution in [0.4, 0.5) is 0 Å². The van der Waals surface area contributed by atoms with Gasteiger partial charge in [0.25, 0.3) is 5.56 Å². The Morgan fingerprint density at radius 2 is 1.96 bits per heavy atom. The Labute approximate surface area is 157 Å². The maximum Gasteiger partial charge on any atom is 0.250 e. The van der Waals surface area contributed by atoms with Crippen LogP contribution in [0.2, 0.25) is 0 Å². The van der Waals surface area contributed by atoms with Crippen LogP contribution in [0, 0.1) is 6.92 Å². The minimum absolute atomic E-state index is 0.0741. The summed E-state index contributed by atoms with van der Waals surface area (Å²) in [6.07, 6.45) is 2.99. The molecule has 1 aromatic heterocycles. The first-order chi connectivity index (χ1) is 12.6. The van der Waals surface area contributed by atoms with Gasteiger partial charge in [0.15, 0.2) is 5.96 Å². The lowest BCUT2D eigenvalue weighted by Gasteiger charge is -2.18. The van der Waals surface area contributed by atoms with Crippen molar-refractivity contribution < 1.29 is 4.74 Å². The van der Waals surface area contributed by atoms with Crippen LogP contribution in [0.1, 0.15) is 25.0 Å². The minimum Gasteiger partial charge on any atom is -0.385 e. The molecule has 0 saturated carbocycles. The third kappa shape index (κ3) is 9.01. The van der Waals surface area contributed by atoms with E-state index in [0.717, 1.165) is 70.2 Å². The van der Waals surface area contributed by atoms with E-state index in [1.54, 1.807) is 26.3 Å². The molecule has 0 radical (unpaired) electrons. The van der Waals surface area contributed by atoms with Crippen molar-refractivity contribution in [2.45, 2.75) is 32.7 Å². The number of aliphatic imine (C=N–C) groups is 1. The van der Waals surface area contributed by atoms with Gasteiger partial charge in [0, 0.05) is 65.2 Å². The molecule has 7 nitrogen and oxygen atoms in total. The van der Waals surface area contributed by atoms with Crippen LogP contribution >= 0.6 is 0 Å². The summed E-state index contributed by atoms with van der Waals surface area (Å²) in [6, 6.07) is 5.39.